The Morgan fingerprint density at radius 2 is 1.79 bits per heavy atom. The van der Waals surface area contributed by atoms with Gasteiger partial charge in [0.1, 0.15) is 11.6 Å². The second-order valence-electron chi connectivity index (χ2n) is 7.94. The summed E-state index contributed by atoms with van der Waals surface area (Å²) in [5, 5.41) is 6.20. The zero-order chi connectivity index (χ0) is 21.0. The highest BCUT2D eigenvalue weighted by Gasteiger charge is 2.35. The van der Waals surface area contributed by atoms with Crippen molar-refractivity contribution in [1.82, 2.24) is 10.6 Å². The van der Waals surface area contributed by atoms with E-state index in [9.17, 15) is 26.7 Å². The van der Waals surface area contributed by atoms with E-state index in [1.54, 1.807) is 0 Å². The average molecular weight is 420 g/mol. The van der Waals surface area contributed by atoms with Gasteiger partial charge in [-0.15, -0.1) is 0 Å². The molecule has 1 aromatic rings. The highest BCUT2D eigenvalue weighted by atomic mass is 19.3. The van der Waals surface area contributed by atoms with Crippen molar-refractivity contribution >= 4 is 5.91 Å². The summed E-state index contributed by atoms with van der Waals surface area (Å²) < 4.78 is 68.8. The van der Waals surface area contributed by atoms with Crippen LogP contribution in [-0.2, 0) is 0 Å². The first-order valence-electron chi connectivity index (χ1n) is 9.88. The van der Waals surface area contributed by atoms with Crippen molar-refractivity contribution in [3.05, 3.63) is 29.6 Å². The molecule has 1 aromatic carbocycles. The van der Waals surface area contributed by atoms with Gasteiger partial charge < -0.3 is 15.4 Å². The quantitative estimate of drug-likeness (QED) is 0.639. The normalized spacial score (nSPS) is 24.6. The second-order valence-corrected chi connectivity index (χ2v) is 7.94. The lowest BCUT2D eigenvalue weighted by molar-refractivity contribution is -0.0501. The minimum Gasteiger partial charge on any atom is -0.435 e. The molecule has 0 radical (unpaired) electrons. The van der Waals surface area contributed by atoms with E-state index in [0.29, 0.717) is 25.8 Å². The number of hydrogen-bond acceptors (Lipinski definition) is 3. The van der Waals surface area contributed by atoms with Crippen molar-refractivity contribution in [2.24, 2.45) is 5.92 Å². The third-order valence-corrected chi connectivity index (χ3v) is 5.66. The molecule has 3 rings (SSSR count). The van der Waals surface area contributed by atoms with E-state index in [4.69, 9.17) is 0 Å². The highest BCUT2D eigenvalue weighted by Crippen LogP contribution is 2.36. The molecule has 2 N–H and O–H groups in total. The van der Waals surface area contributed by atoms with Crippen molar-refractivity contribution < 1.29 is 31.5 Å². The van der Waals surface area contributed by atoms with Crippen molar-refractivity contribution in [3.8, 4) is 5.75 Å². The van der Waals surface area contributed by atoms with Crippen molar-refractivity contribution in [3.63, 3.8) is 0 Å². The number of carbonyl (C=O) groups excluding carboxylic acids is 1. The first kappa shape index (κ1) is 21.8. The van der Waals surface area contributed by atoms with Gasteiger partial charge in [-0.1, -0.05) is 0 Å². The molecule has 0 bridgehead atoms. The van der Waals surface area contributed by atoms with Crippen LogP contribution in [0.2, 0.25) is 0 Å². The summed E-state index contributed by atoms with van der Waals surface area (Å²) in [5.74, 6) is -4.09. The summed E-state index contributed by atoms with van der Waals surface area (Å²) in [7, 11) is 0. The van der Waals surface area contributed by atoms with Crippen LogP contribution in [-0.4, -0.2) is 37.1 Å². The predicted molar refractivity (Wildman–Crippen MR) is 96.8 cm³/mol. The Morgan fingerprint density at radius 1 is 1.10 bits per heavy atom. The van der Waals surface area contributed by atoms with Gasteiger partial charge in [0.05, 0.1) is 0 Å². The summed E-state index contributed by atoms with van der Waals surface area (Å²) in [4.78, 5) is 12.4. The lowest BCUT2D eigenvalue weighted by Crippen LogP contribution is -2.37. The first-order valence-corrected chi connectivity index (χ1v) is 9.88. The van der Waals surface area contributed by atoms with Gasteiger partial charge in [-0.05, 0) is 56.7 Å². The Hall–Kier alpha value is -1.90. The molecule has 0 spiro atoms. The van der Waals surface area contributed by atoms with Gasteiger partial charge in [-0.2, -0.15) is 8.78 Å². The monoisotopic (exact) mass is 420 g/mol. The molecule has 2 fully saturated rings. The molecule has 0 unspecified atom stereocenters. The van der Waals surface area contributed by atoms with Gasteiger partial charge in [0.25, 0.3) is 5.91 Å². The lowest BCUT2D eigenvalue weighted by atomic mass is 9.86. The van der Waals surface area contributed by atoms with E-state index in [1.807, 2.05) is 0 Å². The van der Waals surface area contributed by atoms with Crippen LogP contribution in [0.1, 0.15) is 55.3 Å². The zero-order valence-corrected chi connectivity index (χ0v) is 15.9. The molecule has 2 saturated carbocycles. The number of hydrogen-bond donors (Lipinski definition) is 2. The average Bonchev–Trinajstić information content (AvgIpc) is 3.07. The lowest BCUT2D eigenvalue weighted by Gasteiger charge is -2.29. The topological polar surface area (TPSA) is 50.4 Å². The SMILES string of the molecule is O=C(N[C@H]1CC[C@H](NCC2CCC(F)(F)CC2)C1)c1cc(F)cc(OC(F)F)c1. The van der Waals surface area contributed by atoms with E-state index in [0.717, 1.165) is 31.0 Å². The van der Waals surface area contributed by atoms with Crippen LogP contribution in [0.5, 0.6) is 5.75 Å². The van der Waals surface area contributed by atoms with E-state index in [1.165, 1.54) is 0 Å². The summed E-state index contributed by atoms with van der Waals surface area (Å²) in [6.07, 6.45) is 3.12. The Morgan fingerprint density at radius 3 is 2.48 bits per heavy atom. The number of nitrogens with one attached hydrogen (secondary N) is 2. The maximum absolute atomic E-state index is 13.6. The molecular weight excluding hydrogens is 395 g/mol. The molecule has 4 nitrogen and oxygen atoms in total. The highest BCUT2D eigenvalue weighted by molar-refractivity contribution is 5.94. The summed E-state index contributed by atoms with van der Waals surface area (Å²) in [5.41, 5.74) is -0.0832. The van der Waals surface area contributed by atoms with Crippen LogP contribution >= 0.6 is 0 Å². The van der Waals surface area contributed by atoms with Gasteiger partial charge in [0.2, 0.25) is 5.92 Å². The van der Waals surface area contributed by atoms with Crippen LogP contribution in [0.4, 0.5) is 22.0 Å². The van der Waals surface area contributed by atoms with Crippen LogP contribution in [0.25, 0.3) is 0 Å². The molecule has 1 amide bonds. The Labute approximate surface area is 166 Å². The van der Waals surface area contributed by atoms with Gasteiger partial charge in [-0.3, -0.25) is 4.79 Å². The van der Waals surface area contributed by atoms with Gasteiger partial charge in [-0.25, -0.2) is 13.2 Å². The molecule has 9 heteroatoms. The van der Waals surface area contributed by atoms with Crippen molar-refractivity contribution in [1.29, 1.82) is 0 Å². The molecule has 0 aliphatic heterocycles. The molecule has 2 aliphatic rings. The zero-order valence-electron chi connectivity index (χ0n) is 15.9. The minimum absolute atomic E-state index is 0.0619. The number of halogens is 5. The molecule has 162 valence electrons. The third kappa shape index (κ3) is 6.55. The third-order valence-electron chi connectivity index (χ3n) is 5.66. The van der Waals surface area contributed by atoms with Crippen LogP contribution in [0.15, 0.2) is 18.2 Å². The standard InChI is InChI=1S/C20H25F5N2O2/c21-14-7-13(8-17(9-14)29-19(22)23)18(28)27-16-2-1-15(10-16)26-11-12-3-5-20(24,25)6-4-12/h7-9,12,15-16,19,26H,1-6,10-11H2,(H,27,28)/t15-,16-/m0/s1. The molecule has 2 aliphatic carbocycles. The number of benzene rings is 1. The predicted octanol–water partition coefficient (Wildman–Crippen LogP) is 4.49. The fraction of sp³-hybridized carbons (Fsp3) is 0.650. The van der Waals surface area contributed by atoms with Crippen molar-refractivity contribution in [2.45, 2.75) is 69.6 Å². The van der Waals surface area contributed by atoms with Crippen LogP contribution < -0.4 is 15.4 Å². The van der Waals surface area contributed by atoms with Crippen LogP contribution in [0.3, 0.4) is 0 Å². The van der Waals surface area contributed by atoms with Gasteiger partial charge in [0.15, 0.2) is 0 Å². The number of carbonyl (C=O) groups is 1. The maximum atomic E-state index is 13.6. The van der Waals surface area contributed by atoms with E-state index >= 15 is 0 Å². The Balaban J connectivity index is 1.45. The summed E-state index contributed by atoms with van der Waals surface area (Å²) in [6, 6.07) is 2.89. The minimum atomic E-state index is -3.11. The van der Waals surface area contributed by atoms with Gasteiger partial charge in [0, 0.05) is 36.6 Å². The molecular formula is C20H25F5N2O2. The molecule has 29 heavy (non-hydrogen) atoms. The fourth-order valence-corrected chi connectivity index (χ4v) is 4.07. The first-order chi connectivity index (χ1) is 13.7. The van der Waals surface area contributed by atoms with E-state index < -0.39 is 30.0 Å². The smallest absolute Gasteiger partial charge is 0.387 e. The molecule has 2 atom stereocenters. The number of rotatable bonds is 7. The second kappa shape index (κ2) is 9.28. The fourth-order valence-electron chi connectivity index (χ4n) is 4.07. The largest absolute Gasteiger partial charge is 0.435 e. The maximum Gasteiger partial charge on any atom is 0.387 e. The summed E-state index contributed by atoms with van der Waals surface area (Å²) in [6.45, 7) is -2.43. The number of alkyl halides is 4. The molecule has 0 heterocycles. The Bertz CT molecular complexity index is 706. The molecule has 0 aromatic heterocycles. The number of amides is 1. The van der Waals surface area contributed by atoms with E-state index in [-0.39, 0.29) is 36.4 Å². The number of ether oxygens (including phenoxy) is 1. The van der Waals surface area contributed by atoms with Crippen molar-refractivity contribution in [2.75, 3.05) is 6.54 Å². The van der Waals surface area contributed by atoms with Crippen LogP contribution in [0, 0.1) is 11.7 Å². The summed E-state index contributed by atoms with van der Waals surface area (Å²) >= 11 is 0. The Kier molecular flexibility index (Phi) is 6.97. The van der Waals surface area contributed by atoms with E-state index in [2.05, 4.69) is 15.4 Å². The van der Waals surface area contributed by atoms with Gasteiger partial charge >= 0.3 is 6.61 Å². The molecule has 0 saturated heterocycles.